The van der Waals surface area contributed by atoms with Gasteiger partial charge in [-0.1, -0.05) is 76.0 Å². The number of nitrogens with zero attached hydrogens (tertiary/aromatic N) is 2. The van der Waals surface area contributed by atoms with Gasteiger partial charge in [-0.25, -0.2) is 0 Å². The molecule has 42 heavy (non-hydrogen) atoms. The van der Waals surface area contributed by atoms with Crippen molar-refractivity contribution in [1.82, 2.24) is 20.3 Å². The number of nitrogens with one attached hydrogen (secondary N) is 2. The largest absolute Gasteiger partial charge is 0.504 e. The average Bonchev–Trinajstić information content (AvgIpc) is 3.74. The molecule has 8 nitrogen and oxygen atoms in total. The molecule has 0 aliphatic carbocycles. The lowest BCUT2D eigenvalue weighted by Gasteiger charge is -2.21. The first-order valence-electron chi connectivity index (χ1n) is 13.2. The van der Waals surface area contributed by atoms with E-state index < -0.39 is 5.92 Å². The predicted octanol–water partition coefficient (Wildman–Crippen LogP) is 8.78. The summed E-state index contributed by atoms with van der Waals surface area (Å²) in [6.07, 6.45) is 0. The molecule has 4 aromatic heterocycles. The molecule has 3 N–H and O–H groups in total. The number of hydrogen-bond acceptors (Lipinski definition) is 6. The summed E-state index contributed by atoms with van der Waals surface area (Å²) >= 11 is 13.6. The molecule has 0 saturated heterocycles. The highest BCUT2D eigenvalue weighted by molar-refractivity contribution is 6.34. The summed E-state index contributed by atoms with van der Waals surface area (Å²) in [5.74, 6) is -0.224. The minimum absolute atomic E-state index is 0.0158. The first kappa shape index (κ1) is 26.3. The maximum Gasteiger partial charge on any atom is 0.189 e. The van der Waals surface area contributed by atoms with Gasteiger partial charge in [-0.05, 0) is 43.7 Å². The van der Waals surface area contributed by atoms with Gasteiger partial charge in [0.2, 0.25) is 0 Å². The van der Waals surface area contributed by atoms with Crippen LogP contribution in [0.5, 0.6) is 11.5 Å². The van der Waals surface area contributed by atoms with E-state index >= 15 is 0 Å². The van der Waals surface area contributed by atoms with E-state index in [0.717, 1.165) is 50.2 Å². The first-order valence-corrected chi connectivity index (χ1v) is 13.9. The topological polar surface area (TPSA) is 113 Å². The number of aromatic hydroxyl groups is 1. The van der Waals surface area contributed by atoms with Crippen molar-refractivity contribution in [1.29, 1.82) is 0 Å². The maximum absolute atomic E-state index is 10.5. The zero-order valence-electron chi connectivity index (χ0n) is 22.8. The Kier molecular flexibility index (Phi) is 6.26. The van der Waals surface area contributed by atoms with Crippen molar-refractivity contribution in [3.63, 3.8) is 0 Å². The van der Waals surface area contributed by atoms with E-state index in [9.17, 15) is 5.11 Å². The fourth-order valence-corrected chi connectivity index (χ4v) is 6.13. The number of benzene rings is 3. The van der Waals surface area contributed by atoms with E-state index in [2.05, 4.69) is 20.3 Å². The lowest BCUT2D eigenvalue weighted by Crippen LogP contribution is -2.06. The van der Waals surface area contributed by atoms with E-state index in [1.807, 2.05) is 68.4 Å². The van der Waals surface area contributed by atoms with Gasteiger partial charge in [0, 0.05) is 38.2 Å². The summed E-state index contributed by atoms with van der Waals surface area (Å²) in [5, 5.41) is 20.2. The number of rotatable bonds is 6. The van der Waals surface area contributed by atoms with Gasteiger partial charge in [0.1, 0.15) is 22.4 Å². The summed E-state index contributed by atoms with van der Waals surface area (Å²) in [6.45, 7) is 3.76. The summed E-state index contributed by atoms with van der Waals surface area (Å²) in [5.41, 5.74) is 9.45. The van der Waals surface area contributed by atoms with Crippen LogP contribution in [0, 0.1) is 13.8 Å². The number of phenolic OH excluding ortho intramolecular Hbond substituents is 1. The summed E-state index contributed by atoms with van der Waals surface area (Å²) in [6, 6.07) is 20.5. The quantitative estimate of drug-likeness (QED) is 0.176. The fraction of sp³-hybridized carbons (Fsp3) is 0.125. The van der Waals surface area contributed by atoms with Gasteiger partial charge < -0.3 is 28.9 Å². The number of ether oxygens (including phenoxy) is 1. The van der Waals surface area contributed by atoms with Crippen LogP contribution in [0.4, 0.5) is 0 Å². The lowest BCUT2D eigenvalue weighted by atomic mass is 9.82. The first-order chi connectivity index (χ1) is 20.4. The van der Waals surface area contributed by atoms with Gasteiger partial charge in [-0.2, -0.15) is 0 Å². The SMILES string of the molecule is COc1cc(C(c2c(-c3ccccc3Cl)[nH]c3c(C)noc23)c2c(-c3ccccc3Cl)[nH]c3c(C)noc23)ccc1O. The van der Waals surface area contributed by atoms with Gasteiger partial charge in [0.05, 0.1) is 18.5 Å². The second-order valence-corrected chi connectivity index (χ2v) is 10.9. The van der Waals surface area contributed by atoms with E-state index in [1.165, 1.54) is 7.11 Å². The normalized spacial score (nSPS) is 11.8. The molecule has 4 heterocycles. The van der Waals surface area contributed by atoms with Gasteiger partial charge in [-0.15, -0.1) is 0 Å². The predicted molar refractivity (Wildman–Crippen MR) is 163 cm³/mol. The molecular formula is C32H24Cl2N4O4. The second kappa shape index (κ2) is 10.0. The molecule has 0 spiro atoms. The third-order valence-corrected chi connectivity index (χ3v) is 8.31. The molecule has 0 aliphatic heterocycles. The van der Waals surface area contributed by atoms with Crippen LogP contribution < -0.4 is 4.74 Å². The van der Waals surface area contributed by atoms with Crippen LogP contribution in [-0.4, -0.2) is 32.5 Å². The molecule has 0 saturated carbocycles. The maximum atomic E-state index is 10.5. The molecule has 0 bridgehead atoms. The standard InChI is InChI=1S/C32H24Cl2N4O4/c1-15-27-31(41-37-15)25(29(35-27)18-8-4-6-10-20(18)33)24(17-12-13-22(39)23(14-17)40-3)26-30(19-9-5-7-11-21(19)34)36-28-16(2)38-42-32(26)28/h4-14,24,35-36,39H,1-3H3. The van der Waals surface area contributed by atoms with E-state index in [0.29, 0.717) is 38.3 Å². The fourth-order valence-electron chi connectivity index (χ4n) is 5.67. The Morgan fingerprint density at radius 2 is 1.26 bits per heavy atom. The van der Waals surface area contributed by atoms with Gasteiger partial charge in [-0.3, -0.25) is 0 Å². The Bertz CT molecular complexity index is 2000. The molecule has 10 heteroatoms. The molecular weight excluding hydrogens is 575 g/mol. The molecule has 210 valence electrons. The van der Waals surface area contributed by atoms with Gasteiger partial charge in [0.25, 0.3) is 0 Å². The Morgan fingerprint density at radius 3 is 1.74 bits per heavy atom. The number of H-pyrrole nitrogens is 2. The zero-order valence-corrected chi connectivity index (χ0v) is 24.3. The van der Waals surface area contributed by atoms with Crippen LogP contribution in [0.2, 0.25) is 10.0 Å². The van der Waals surface area contributed by atoms with Crippen molar-refractivity contribution < 1.29 is 18.9 Å². The van der Waals surface area contributed by atoms with Crippen LogP contribution in [0.25, 0.3) is 44.7 Å². The Morgan fingerprint density at radius 1 is 0.762 bits per heavy atom. The smallest absolute Gasteiger partial charge is 0.189 e. The number of halogens is 2. The third kappa shape index (κ3) is 3.98. The number of hydrogen-bond donors (Lipinski definition) is 3. The number of aromatic nitrogens is 4. The van der Waals surface area contributed by atoms with E-state index in [-0.39, 0.29) is 5.75 Å². The molecule has 0 unspecified atom stereocenters. The highest BCUT2D eigenvalue weighted by Gasteiger charge is 2.35. The average molecular weight is 599 g/mol. The minimum Gasteiger partial charge on any atom is -0.504 e. The van der Waals surface area contributed by atoms with Crippen LogP contribution in [0.1, 0.15) is 34.0 Å². The minimum atomic E-state index is -0.556. The van der Waals surface area contributed by atoms with Crippen LogP contribution in [0.15, 0.2) is 75.8 Å². The van der Waals surface area contributed by atoms with E-state index in [4.69, 9.17) is 37.0 Å². The van der Waals surface area contributed by atoms with Crippen LogP contribution >= 0.6 is 23.2 Å². The van der Waals surface area contributed by atoms with Crippen LogP contribution in [-0.2, 0) is 0 Å². The molecule has 0 atom stereocenters. The van der Waals surface area contributed by atoms with Crippen molar-refractivity contribution in [2.75, 3.05) is 7.11 Å². The Labute approximate surface area is 249 Å². The number of aromatic amines is 2. The molecule has 0 radical (unpaired) electrons. The summed E-state index contributed by atoms with van der Waals surface area (Å²) < 4.78 is 17.5. The van der Waals surface area contributed by atoms with Gasteiger partial charge in [0.15, 0.2) is 22.7 Å². The van der Waals surface area contributed by atoms with Crippen molar-refractivity contribution >= 4 is 45.4 Å². The van der Waals surface area contributed by atoms with Gasteiger partial charge >= 0.3 is 0 Å². The molecule has 0 amide bonds. The number of methoxy groups -OCH3 is 1. The van der Waals surface area contributed by atoms with Crippen LogP contribution in [0.3, 0.4) is 0 Å². The molecule has 0 aliphatic rings. The number of aryl methyl sites for hydroxylation is 2. The lowest BCUT2D eigenvalue weighted by molar-refractivity contribution is 0.373. The molecule has 3 aromatic carbocycles. The molecule has 7 rings (SSSR count). The number of fused-ring (bicyclic) bond motifs is 2. The zero-order chi connectivity index (χ0) is 29.1. The monoisotopic (exact) mass is 598 g/mol. The highest BCUT2D eigenvalue weighted by Crippen LogP contribution is 2.50. The molecule has 7 aromatic rings. The second-order valence-electron chi connectivity index (χ2n) is 10.1. The number of phenols is 1. The van der Waals surface area contributed by atoms with Crippen molar-refractivity contribution in [3.8, 4) is 34.0 Å². The van der Waals surface area contributed by atoms with Crippen molar-refractivity contribution in [2.24, 2.45) is 0 Å². The third-order valence-electron chi connectivity index (χ3n) is 7.65. The summed E-state index contributed by atoms with van der Waals surface area (Å²) in [4.78, 5) is 7.08. The van der Waals surface area contributed by atoms with Crippen molar-refractivity contribution in [3.05, 3.63) is 105 Å². The summed E-state index contributed by atoms with van der Waals surface area (Å²) in [7, 11) is 1.51. The Hall–Kier alpha value is -4.66. The van der Waals surface area contributed by atoms with Crippen molar-refractivity contribution in [2.45, 2.75) is 19.8 Å². The highest BCUT2D eigenvalue weighted by atomic mass is 35.5. The Balaban J connectivity index is 1.65. The van der Waals surface area contributed by atoms with E-state index in [1.54, 1.807) is 12.1 Å². The molecule has 0 fully saturated rings.